The van der Waals surface area contributed by atoms with Crippen molar-refractivity contribution >= 4 is 8.80 Å². The van der Waals surface area contributed by atoms with E-state index in [2.05, 4.69) is 0 Å². The average molecular weight is 379 g/mol. The Kier molecular flexibility index (Phi) is 10.3. The van der Waals surface area contributed by atoms with Crippen LogP contribution in [0.3, 0.4) is 0 Å². The van der Waals surface area contributed by atoms with E-state index in [1.165, 1.54) is 0 Å². The lowest BCUT2D eigenvalue weighted by Gasteiger charge is -2.28. The third kappa shape index (κ3) is 7.48. The minimum Gasteiger partial charge on any atom is -0.374 e. The van der Waals surface area contributed by atoms with E-state index in [1.807, 2.05) is 20.8 Å². The molecule has 0 saturated carbocycles. The molecule has 3 nitrogen and oxygen atoms in total. The van der Waals surface area contributed by atoms with Gasteiger partial charge in [-0.3, -0.25) is 0 Å². The fourth-order valence-corrected chi connectivity index (χ4v) is 5.45. The lowest BCUT2D eigenvalue weighted by molar-refractivity contribution is 0.0706. The van der Waals surface area contributed by atoms with E-state index in [4.69, 9.17) is 13.3 Å². The molecule has 1 aromatic carbocycles. The van der Waals surface area contributed by atoms with Crippen molar-refractivity contribution in [2.75, 3.05) is 19.8 Å². The molecule has 0 saturated heterocycles. The number of halogens is 3. The molecule has 0 atom stereocenters. The van der Waals surface area contributed by atoms with E-state index in [1.54, 1.807) is 0 Å². The first kappa shape index (κ1) is 22.1. The predicted octanol–water partition coefficient (Wildman–Crippen LogP) is 5.26. The largest absolute Gasteiger partial charge is 0.500 e. The Bertz CT molecular complexity index is 498. The molecule has 144 valence electrons. The van der Waals surface area contributed by atoms with Gasteiger partial charge in [0.15, 0.2) is 11.6 Å². The van der Waals surface area contributed by atoms with Gasteiger partial charge in [-0.25, -0.2) is 13.2 Å². The van der Waals surface area contributed by atoms with Crippen LogP contribution in [0, 0.1) is 17.5 Å². The van der Waals surface area contributed by atoms with Gasteiger partial charge in [-0.2, -0.15) is 0 Å². The van der Waals surface area contributed by atoms with Crippen LogP contribution in [0.2, 0.25) is 6.04 Å². The van der Waals surface area contributed by atoms with Crippen molar-refractivity contribution in [3.63, 3.8) is 0 Å². The van der Waals surface area contributed by atoms with Crippen LogP contribution in [0.4, 0.5) is 13.2 Å². The smallest absolute Gasteiger partial charge is 0.374 e. The van der Waals surface area contributed by atoms with Crippen LogP contribution in [0.15, 0.2) is 12.1 Å². The molecule has 0 bridgehead atoms. The van der Waals surface area contributed by atoms with Gasteiger partial charge in [0, 0.05) is 31.9 Å². The Hall–Kier alpha value is -0.893. The minimum atomic E-state index is -2.59. The standard InChI is InChI=1S/C18H29F3O3Si/c1-4-22-25(23-5-2,24-6-3)12-10-8-7-9-11-15-13-17(20)18(21)14-16(15)19/h13-14H,4-12H2,1-3H3. The number of hydrogen-bond acceptors (Lipinski definition) is 3. The lowest BCUT2D eigenvalue weighted by atomic mass is 10.1. The monoisotopic (exact) mass is 378 g/mol. The summed E-state index contributed by atoms with van der Waals surface area (Å²) in [6.45, 7) is 7.45. The van der Waals surface area contributed by atoms with Gasteiger partial charge in [-0.1, -0.05) is 12.8 Å². The maximum absolute atomic E-state index is 13.6. The maximum atomic E-state index is 13.6. The third-order valence-electron chi connectivity index (χ3n) is 3.86. The second-order valence-electron chi connectivity index (χ2n) is 5.75. The van der Waals surface area contributed by atoms with Crippen molar-refractivity contribution in [3.05, 3.63) is 35.1 Å². The van der Waals surface area contributed by atoms with Gasteiger partial charge in [-0.15, -0.1) is 0 Å². The van der Waals surface area contributed by atoms with E-state index >= 15 is 0 Å². The molecular formula is C18H29F3O3Si. The SMILES string of the molecule is CCO[Si](CCCCCCc1cc(F)c(F)cc1F)(OCC)OCC. The second-order valence-corrected chi connectivity index (χ2v) is 8.49. The third-order valence-corrected chi connectivity index (χ3v) is 7.01. The first-order valence-corrected chi connectivity index (χ1v) is 11.0. The number of aryl methyl sites for hydroxylation is 1. The lowest BCUT2D eigenvalue weighted by Crippen LogP contribution is -2.45. The van der Waals surface area contributed by atoms with E-state index in [0.29, 0.717) is 38.7 Å². The van der Waals surface area contributed by atoms with Crippen LogP contribution in [0.25, 0.3) is 0 Å². The predicted molar refractivity (Wildman–Crippen MR) is 93.9 cm³/mol. The molecule has 0 N–H and O–H groups in total. The molecule has 1 aromatic rings. The van der Waals surface area contributed by atoms with Gasteiger partial charge in [0.2, 0.25) is 0 Å². The first-order chi connectivity index (χ1) is 12.0. The second kappa shape index (κ2) is 11.7. The zero-order valence-electron chi connectivity index (χ0n) is 15.4. The van der Waals surface area contributed by atoms with Crippen LogP contribution in [-0.4, -0.2) is 28.6 Å². The first-order valence-electron chi connectivity index (χ1n) is 9.03. The van der Waals surface area contributed by atoms with Crippen molar-refractivity contribution in [2.24, 2.45) is 0 Å². The Labute approximate surface area is 149 Å². The molecule has 0 unspecified atom stereocenters. The molecule has 0 heterocycles. The number of hydrogen-bond donors (Lipinski definition) is 0. The molecule has 0 aromatic heterocycles. The number of unbranched alkanes of at least 4 members (excludes halogenated alkanes) is 3. The summed E-state index contributed by atoms with van der Waals surface area (Å²) in [4.78, 5) is 0. The van der Waals surface area contributed by atoms with Crippen molar-refractivity contribution in [1.82, 2.24) is 0 Å². The highest BCUT2D eigenvalue weighted by Crippen LogP contribution is 2.21. The number of benzene rings is 1. The Morgan fingerprint density at radius 2 is 1.24 bits per heavy atom. The molecular weight excluding hydrogens is 349 g/mol. The van der Waals surface area contributed by atoms with Crippen LogP contribution in [0.1, 0.15) is 52.0 Å². The summed E-state index contributed by atoms with van der Waals surface area (Å²) in [6, 6.07) is 2.31. The summed E-state index contributed by atoms with van der Waals surface area (Å²) >= 11 is 0. The molecule has 0 radical (unpaired) electrons. The summed E-state index contributed by atoms with van der Waals surface area (Å²) in [6.07, 6.45) is 3.80. The molecule has 7 heteroatoms. The molecule has 0 aliphatic carbocycles. The quantitative estimate of drug-likeness (QED) is 0.266. The normalized spacial score (nSPS) is 11.9. The fraction of sp³-hybridized carbons (Fsp3) is 0.667. The molecule has 0 aliphatic heterocycles. The fourth-order valence-electron chi connectivity index (χ4n) is 2.77. The Balaban J connectivity index is 2.38. The topological polar surface area (TPSA) is 27.7 Å². The highest BCUT2D eigenvalue weighted by Gasteiger charge is 2.39. The van der Waals surface area contributed by atoms with Crippen LogP contribution in [0.5, 0.6) is 0 Å². The minimum absolute atomic E-state index is 0.223. The Morgan fingerprint density at radius 3 is 1.80 bits per heavy atom. The van der Waals surface area contributed by atoms with E-state index < -0.39 is 26.3 Å². The average Bonchev–Trinajstić information content (AvgIpc) is 2.56. The van der Waals surface area contributed by atoms with Gasteiger partial charge < -0.3 is 13.3 Å². The molecule has 0 amide bonds. The molecule has 0 aliphatic rings. The van der Waals surface area contributed by atoms with Gasteiger partial charge in [0.1, 0.15) is 5.82 Å². The summed E-state index contributed by atoms with van der Waals surface area (Å²) in [7, 11) is -2.59. The van der Waals surface area contributed by atoms with Crippen molar-refractivity contribution in [3.8, 4) is 0 Å². The van der Waals surface area contributed by atoms with E-state index in [9.17, 15) is 13.2 Å². The summed E-state index contributed by atoms with van der Waals surface area (Å²) in [5, 5.41) is 0. The van der Waals surface area contributed by atoms with Gasteiger partial charge in [0.25, 0.3) is 0 Å². The zero-order valence-corrected chi connectivity index (χ0v) is 16.4. The summed E-state index contributed by atoms with van der Waals surface area (Å²) < 4.78 is 57.0. The van der Waals surface area contributed by atoms with Gasteiger partial charge in [0.05, 0.1) is 0 Å². The van der Waals surface area contributed by atoms with Crippen molar-refractivity contribution in [1.29, 1.82) is 0 Å². The summed E-state index contributed by atoms with van der Waals surface area (Å²) in [5.41, 5.74) is 0.223. The van der Waals surface area contributed by atoms with Gasteiger partial charge in [-0.05, 0) is 51.7 Å². The highest BCUT2D eigenvalue weighted by atomic mass is 28.4. The van der Waals surface area contributed by atoms with Crippen LogP contribution >= 0.6 is 0 Å². The summed E-state index contributed by atoms with van der Waals surface area (Å²) in [5.74, 6) is -2.84. The van der Waals surface area contributed by atoms with Gasteiger partial charge >= 0.3 is 8.80 Å². The maximum Gasteiger partial charge on any atom is 0.500 e. The van der Waals surface area contributed by atoms with Crippen molar-refractivity contribution in [2.45, 2.75) is 58.9 Å². The highest BCUT2D eigenvalue weighted by molar-refractivity contribution is 6.60. The zero-order chi connectivity index (χ0) is 18.7. The van der Waals surface area contributed by atoms with E-state index in [-0.39, 0.29) is 5.56 Å². The van der Waals surface area contributed by atoms with Crippen LogP contribution < -0.4 is 0 Å². The molecule has 0 spiro atoms. The van der Waals surface area contributed by atoms with Crippen LogP contribution in [-0.2, 0) is 19.7 Å². The van der Waals surface area contributed by atoms with Crippen molar-refractivity contribution < 1.29 is 26.4 Å². The number of rotatable bonds is 13. The molecule has 1 rings (SSSR count). The Morgan fingerprint density at radius 1 is 0.720 bits per heavy atom. The van der Waals surface area contributed by atoms with E-state index in [0.717, 1.165) is 31.4 Å². The molecule has 0 fully saturated rings. The molecule has 25 heavy (non-hydrogen) atoms.